The fourth-order valence-electron chi connectivity index (χ4n) is 2.97. The molecule has 1 rings (SSSR count). The molecule has 106 valence electrons. The van der Waals surface area contributed by atoms with Gasteiger partial charge in [-0.3, -0.25) is 4.79 Å². The lowest BCUT2D eigenvalue weighted by Gasteiger charge is -2.31. The van der Waals surface area contributed by atoms with E-state index in [1.165, 1.54) is 52.1 Å². The molecule has 3 heteroatoms. The second kappa shape index (κ2) is 8.52. The Balaban J connectivity index is 2.61. The highest BCUT2D eigenvalue weighted by Crippen LogP contribution is 2.25. The van der Waals surface area contributed by atoms with E-state index in [0.29, 0.717) is 0 Å². The molecule has 0 spiro atoms. The van der Waals surface area contributed by atoms with Crippen molar-refractivity contribution in [1.29, 1.82) is 0 Å². The lowest BCUT2D eigenvalue weighted by Crippen LogP contribution is -2.51. The molecule has 1 aliphatic rings. The second-order valence-corrected chi connectivity index (χ2v) is 5.51. The number of rotatable bonds is 2. The van der Waals surface area contributed by atoms with E-state index in [0.717, 1.165) is 25.7 Å². The summed E-state index contributed by atoms with van der Waals surface area (Å²) < 4.78 is 5.01. The zero-order chi connectivity index (χ0) is 13.3. The van der Waals surface area contributed by atoms with Crippen LogP contribution in [0.1, 0.15) is 70.6 Å². The molecule has 0 saturated heterocycles. The highest BCUT2D eigenvalue weighted by molar-refractivity contribution is 5.80. The first kappa shape index (κ1) is 15.5. The number of carbonyl (C=O) groups is 1. The van der Waals surface area contributed by atoms with E-state index in [-0.39, 0.29) is 5.97 Å². The van der Waals surface area contributed by atoms with Crippen LogP contribution in [0.2, 0.25) is 0 Å². The average molecular weight is 255 g/mol. The second-order valence-electron chi connectivity index (χ2n) is 5.51. The van der Waals surface area contributed by atoms with Gasteiger partial charge in [0.2, 0.25) is 0 Å². The standard InChI is InChI=1S/C15H29NO2/c1-16-15(14(17)18-2)12-10-8-6-4-3-5-7-9-11-13-15/h16H,3-13H2,1-2H3. The largest absolute Gasteiger partial charge is 0.468 e. The highest BCUT2D eigenvalue weighted by Gasteiger charge is 2.36. The van der Waals surface area contributed by atoms with Crippen LogP contribution in [0.15, 0.2) is 0 Å². The molecule has 18 heavy (non-hydrogen) atoms. The minimum Gasteiger partial charge on any atom is -0.468 e. The summed E-state index contributed by atoms with van der Waals surface area (Å²) in [6.45, 7) is 0. The molecule has 1 saturated carbocycles. The summed E-state index contributed by atoms with van der Waals surface area (Å²) >= 11 is 0. The minimum absolute atomic E-state index is 0.0814. The van der Waals surface area contributed by atoms with Crippen LogP contribution < -0.4 is 5.32 Å². The van der Waals surface area contributed by atoms with Crippen molar-refractivity contribution in [2.75, 3.05) is 14.2 Å². The van der Waals surface area contributed by atoms with Gasteiger partial charge in [-0.1, -0.05) is 57.8 Å². The number of likely N-dealkylation sites (N-methyl/N-ethyl adjacent to an activating group) is 1. The van der Waals surface area contributed by atoms with Gasteiger partial charge < -0.3 is 10.1 Å². The molecule has 3 nitrogen and oxygen atoms in total. The SMILES string of the molecule is CNC1(C(=O)OC)CCCCCCCCCCC1. The maximum absolute atomic E-state index is 12.1. The third-order valence-electron chi connectivity index (χ3n) is 4.26. The number of methoxy groups -OCH3 is 1. The third kappa shape index (κ3) is 4.60. The molecular weight excluding hydrogens is 226 g/mol. The Morgan fingerprint density at radius 1 is 0.889 bits per heavy atom. The molecule has 1 fully saturated rings. The molecule has 0 heterocycles. The van der Waals surface area contributed by atoms with Crippen LogP contribution in [0.25, 0.3) is 0 Å². The van der Waals surface area contributed by atoms with E-state index >= 15 is 0 Å². The van der Waals surface area contributed by atoms with Crippen LogP contribution in [0.4, 0.5) is 0 Å². The van der Waals surface area contributed by atoms with Crippen molar-refractivity contribution >= 4 is 5.97 Å². The first-order valence-electron chi connectivity index (χ1n) is 7.52. The lowest BCUT2D eigenvalue weighted by atomic mass is 9.85. The van der Waals surface area contributed by atoms with E-state index in [1.807, 2.05) is 7.05 Å². The van der Waals surface area contributed by atoms with Crippen molar-refractivity contribution in [3.8, 4) is 0 Å². The number of carbonyl (C=O) groups excluding carboxylic acids is 1. The Morgan fingerprint density at radius 2 is 1.28 bits per heavy atom. The number of nitrogens with one attached hydrogen (secondary N) is 1. The Morgan fingerprint density at radius 3 is 1.61 bits per heavy atom. The zero-order valence-corrected chi connectivity index (χ0v) is 12.1. The first-order valence-corrected chi connectivity index (χ1v) is 7.52. The highest BCUT2D eigenvalue weighted by atomic mass is 16.5. The number of esters is 1. The molecule has 0 aliphatic heterocycles. The van der Waals surface area contributed by atoms with Gasteiger partial charge in [0, 0.05) is 0 Å². The van der Waals surface area contributed by atoms with Gasteiger partial charge >= 0.3 is 5.97 Å². The maximum atomic E-state index is 12.1. The zero-order valence-electron chi connectivity index (χ0n) is 12.1. The fourth-order valence-corrected chi connectivity index (χ4v) is 2.97. The Hall–Kier alpha value is -0.570. The Labute approximate surface area is 112 Å². The molecule has 0 unspecified atom stereocenters. The van der Waals surface area contributed by atoms with Gasteiger partial charge in [0.05, 0.1) is 7.11 Å². The molecule has 0 amide bonds. The summed E-state index contributed by atoms with van der Waals surface area (Å²) in [4.78, 5) is 12.1. The summed E-state index contributed by atoms with van der Waals surface area (Å²) in [6, 6.07) is 0. The molecule has 1 aliphatic carbocycles. The summed E-state index contributed by atoms with van der Waals surface area (Å²) in [5.74, 6) is -0.0814. The summed E-state index contributed by atoms with van der Waals surface area (Å²) in [5.41, 5.74) is -0.437. The predicted octanol–water partition coefficient (Wildman–Crippen LogP) is 3.42. The van der Waals surface area contributed by atoms with Gasteiger partial charge in [0.15, 0.2) is 0 Å². The van der Waals surface area contributed by atoms with E-state index in [4.69, 9.17) is 4.74 Å². The molecule has 0 aromatic heterocycles. The van der Waals surface area contributed by atoms with Crippen molar-refractivity contribution in [3.05, 3.63) is 0 Å². The molecule has 0 atom stereocenters. The maximum Gasteiger partial charge on any atom is 0.326 e. The Bertz CT molecular complexity index is 229. The van der Waals surface area contributed by atoms with Gasteiger partial charge in [-0.2, -0.15) is 0 Å². The molecule has 1 N–H and O–H groups in total. The summed E-state index contributed by atoms with van der Waals surface area (Å²) in [5, 5.41) is 3.25. The van der Waals surface area contributed by atoms with Crippen LogP contribution in [0.3, 0.4) is 0 Å². The van der Waals surface area contributed by atoms with Crippen LogP contribution in [-0.4, -0.2) is 25.7 Å². The van der Waals surface area contributed by atoms with Crippen molar-refractivity contribution in [2.24, 2.45) is 0 Å². The summed E-state index contributed by atoms with van der Waals surface area (Å²) in [7, 11) is 3.39. The topological polar surface area (TPSA) is 38.3 Å². The normalized spacial score (nSPS) is 22.6. The minimum atomic E-state index is -0.437. The third-order valence-corrected chi connectivity index (χ3v) is 4.26. The monoisotopic (exact) mass is 255 g/mol. The van der Waals surface area contributed by atoms with Crippen molar-refractivity contribution in [2.45, 2.75) is 76.2 Å². The van der Waals surface area contributed by atoms with Crippen LogP contribution in [0.5, 0.6) is 0 Å². The van der Waals surface area contributed by atoms with Gasteiger partial charge in [-0.15, -0.1) is 0 Å². The van der Waals surface area contributed by atoms with E-state index in [1.54, 1.807) is 0 Å². The van der Waals surface area contributed by atoms with Crippen LogP contribution >= 0.6 is 0 Å². The molecular formula is C15H29NO2. The molecule has 0 radical (unpaired) electrons. The van der Waals surface area contributed by atoms with Crippen molar-refractivity contribution < 1.29 is 9.53 Å². The lowest BCUT2D eigenvalue weighted by molar-refractivity contribution is -0.149. The molecule has 0 aromatic rings. The van der Waals surface area contributed by atoms with E-state index in [2.05, 4.69) is 5.32 Å². The fraction of sp³-hybridized carbons (Fsp3) is 0.933. The quantitative estimate of drug-likeness (QED) is 0.768. The van der Waals surface area contributed by atoms with E-state index in [9.17, 15) is 4.79 Å². The predicted molar refractivity (Wildman–Crippen MR) is 74.6 cm³/mol. The van der Waals surface area contributed by atoms with Crippen molar-refractivity contribution in [1.82, 2.24) is 5.32 Å². The van der Waals surface area contributed by atoms with Crippen LogP contribution in [0, 0.1) is 0 Å². The van der Waals surface area contributed by atoms with Gasteiger partial charge in [0.25, 0.3) is 0 Å². The Kier molecular flexibility index (Phi) is 7.33. The number of ether oxygens (including phenoxy) is 1. The van der Waals surface area contributed by atoms with E-state index < -0.39 is 5.54 Å². The molecule has 0 aromatic carbocycles. The first-order chi connectivity index (χ1) is 8.75. The van der Waals surface area contributed by atoms with Gasteiger partial charge in [-0.05, 0) is 19.9 Å². The summed E-state index contributed by atoms with van der Waals surface area (Å²) in [6.07, 6.45) is 13.2. The van der Waals surface area contributed by atoms with Crippen LogP contribution in [-0.2, 0) is 9.53 Å². The number of hydrogen-bond acceptors (Lipinski definition) is 3. The van der Waals surface area contributed by atoms with Crippen molar-refractivity contribution in [3.63, 3.8) is 0 Å². The van der Waals surface area contributed by atoms with Gasteiger partial charge in [0.1, 0.15) is 5.54 Å². The molecule has 0 bridgehead atoms. The average Bonchev–Trinajstić information content (AvgIpc) is 2.39. The van der Waals surface area contributed by atoms with Gasteiger partial charge in [-0.25, -0.2) is 0 Å². The smallest absolute Gasteiger partial charge is 0.326 e. The number of hydrogen-bond donors (Lipinski definition) is 1.